The molecule has 0 saturated heterocycles. The second kappa shape index (κ2) is 5.11. The maximum absolute atomic E-state index is 12.2. The Morgan fingerprint density at radius 3 is 3.00 bits per heavy atom. The van der Waals surface area contributed by atoms with Crippen LogP contribution in [0.1, 0.15) is 29.3 Å². The summed E-state index contributed by atoms with van der Waals surface area (Å²) in [5, 5.41) is 11.4. The van der Waals surface area contributed by atoms with E-state index in [-0.39, 0.29) is 17.9 Å². The van der Waals surface area contributed by atoms with Crippen molar-refractivity contribution in [3.05, 3.63) is 29.3 Å². The number of fused-ring (bicyclic) bond motifs is 1. The van der Waals surface area contributed by atoms with Crippen LogP contribution in [0.3, 0.4) is 0 Å². The van der Waals surface area contributed by atoms with Gasteiger partial charge >= 0.3 is 0 Å². The summed E-state index contributed by atoms with van der Waals surface area (Å²) in [6.07, 6.45) is 0.661. The maximum atomic E-state index is 12.2. The zero-order valence-corrected chi connectivity index (χ0v) is 10.9. The molecule has 1 aliphatic heterocycles. The molecule has 0 aromatic heterocycles. The van der Waals surface area contributed by atoms with Crippen molar-refractivity contribution >= 4 is 17.5 Å². The zero-order valence-electron chi connectivity index (χ0n) is 10.9. The number of nitrogens with zero attached hydrogens (tertiary/aromatic N) is 2. The molecule has 1 heterocycles. The van der Waals surface area contributed by atoms with Crippen LogP contribution in [0.4, 0.5) is 5.69 Å². The van der Waals surface area contributed by atoms with E-state index >= 15 is 0 Å². The van der Waals surface area contributed by atoms with Gasteiger partial charge in [0, 0.05) is 24.3 Å². The normalized spacial score (nSPS) is 14.3. The minimum absolute atomic E-state index is 0.0502. The fraction of sp³-hybridized carbons (Fsp3) is 0.357. The molecule has 5 heteroatoms. The topological polar surface area (TPSA) is 73.2 Å². The van der Waals surface area contributed by atoms with Gasteiger partial charge in [0.15, 0.2) is 0 Å². The second-order valence-corrected chi connectivity index (χ2v) is 4.72. The van der Waals surface area contributed by atoms with Gasteiger partial charge < -0.3 is 10.2 Å². The number of benzene rings is 1. The van der Waals surface area contributed by atoms with Crippen molar-refractivity contribution < 1.29 is 9.59 Å². The minimum atomic E-state index is -0.147. The Hall–Kier alpha value is -2.35. The molecule has 2 rings (SSSR count). The van der Waals surface area contributed by atoms with Gasteiger partial charge in [-0.05, 0) is 24.6 Å². The predicted octanol–water partition coefficient (Wildman–Crippen LogP) is 1.56. The lowest BCUT2D eigenvalue weighted by atomic mass is 10.1. The van der Waals surface area contributed by atoms with Crippen LogP contribution in [-0.4, -0.2) is 29.8 Å². The fourth-order valence-corrected chi connectivity index (χ4v) is 2.02. The van der Waals surface area contributed by atoms with Crippen molar-refractivity contribution in [3.63, 3.8) is 0 Å². The third-order valence-corrected chi connectivity index (χ3v) is 3.35. The standard InChI is InChI=1S/C14H15N3O2/c1-9(5-6-15)17(2)14(19)11-4-3-10-8-13(18)16-12(10)7-11/h3-4,7,9H,5,8H2,1-2H3,(H,16,18). The number of amides is 2. The van der Waals surface area contributed by atoms with E-state index in [2.05, 4.69) is 11.4 Å². The summed E-state index contributed by atoms with van der Waals surface area (Å²) >= 11 is 0. The van der Waals surface area contributed by atoms with Crippen LogP contribution in [0.25, 0.3) is 0 Å². The average Bonchev–Trinajstić information content (AvgIpc) is 2.76. The number of nitriles is 1. The van der Waals surface area contributed by atoms with Gasteiger partial charge in [-0.2, -0.15) is 5.26 Å². The minimum Gasteiger partial charge on any atom is -0.338 e. The van der Waals surface area contributed by atoms with E-state index < -0.39 is 0 Å². The largest absolute Gasteiger partial charge is 0.338 e. The number of nitrogens with one attached hydrogen (secondary N) is 1. The molecule has 1 N–H and O–H groups in total. The van der Waals surface area contributed by atoms with Crippen molar-refractivity contribution in [2.75, 3.05) is 12.4 Å². The first kappa shape index (κ1) is 13.1. The zero-order chi connectivity index (χ0) is 14.0. The number of rotatable bonds is 3. The van der Waals surface area contributed by atoms with Crippen LogP contribution in [0.2, 0.25) is 0 Å². The van der Waals surface area contributed by atoms with E-state index in [4.69, 9.17) is 5.26 Å². The molecule has 0 spiro atoms. The molecule has 0 fully saturated rings. The third-order valence-electron chi connectivity index (χ3n) is 3.35. The Morgan fingerprint density at radius 1 is 1.58 bits per heavy atom. The van der Waals surface area contributed by atoms with Gasteiger partial charge in [-0.25, -0.2) is 0 Å². The summed E-state index contributed by atoms with van der Waals surface area (Å²) in [6.45, 7) is 1.83. The highest BCUT2D eigenvalue weighted by Gasteiger charge is 2.22. The van der Waals surface area contributed by atoms with Crippen molar-refractivity contribution in [1.82, 2.24) is 4.90 Å². The Bertz CT molecular complexity index is 575. The maximum Gasteiger partial charge on any atom is 0.253 e. The highest BCUT2D eigenvalue weighted by atomic mass is 16.2. The molecule has 19 heavy (non-hydrogen) atoms. The van der Waals surface area contributed by atoms with Crippen LogP contribution >= 0.6 is 0 Å². The quantitative estimate of drug-likeness (QED) is 0.893. The van der Waals surface area contributed by atoms with Crippen molar-refractivity contribution in [2.45, 2.75) is 25.8 Å². The van der Waals surface area contributed by atoms with Gasteiger partial charge in [-0.15, -0.1) is 0 Å². The van der Waals surface area contributed by atoms with Gasteiger partial charge in [-0.1, -0.05) is 6.07 Å². The molecule has 2 amide bonds. The highest BCUT2D eigenvalue weighted by molar-refractivity contribution is 6.02. The molecule has 0 radical (unpaired) electrons. The first-order chi connectivity index (χ1) is 9.02. The summed E-state index contributed by atoms with van der Waals surface area (Å²) in [5.41, 5.74) is 2.14. The molecule has 1 aromatic rings. The Kier molecular flexibility index (Phi) is 3.52. The number of hydrogen-bond donors (Lipinski definition) is 1. The van der Waals surface area contributed by atoms with Gasteiger partial charge in [0.2, 0.25) is 5.91 Å². The molecule has 1 unspecified atom stereocenters. The molecule has 0 bridgehead atoms. The molecular weight excluding hydrogens is 242 g/mol. The van der Waals surface area contributed by atoms with E-state index in [1.165, 1.54) is 0 Å². The lowest BCUT2D eigenvalue weighted by Crippen LogP contribution is -2.34. The predicted molar refractivity (Wildman–Crippen MR) is 70.6 cm³/mol. The van der Waals surface area contributed by atoms with Crippen molar-refractivity contribution in [1.29, 1.82) is 5.26 Å². The Morgan fingerprint density at radius 2 is 2.32 bits per heavy atom. The molecule has 1 aliphatic rings. The summed E-state index contributed by atoms with van der Waals surface area (Å²) in [6, 6.07) is 7.12. The fourth-order valence-electron chi connectivity index (χ4n) is 2.02. The van der Waals surface area contributed by atoms with E-state index in [1.54, 1.807) is 30.1 Å². The molecule has 5 nitrogen and oxygen atoms in total. The molecule has 1 atom stereocenters. The molecule has 0 aliphatic carbocycles. The van der Waals surface area contributed by atoms with E-state index in [0.29, 0.717) is 24.1 Å². The lowest BCUT2D eigenvalue weighted by Gasteiger charge is -2.23. The molecule has 0 saturated carbocycles. The molecule has 98 valence electrons. The van der Waals surface area contributed by atoms with E-state index in [9.17, 15) is 9.59 Å². The molecule has 1 aromatic carbocycles. The van der Waals surface area contributed by atoms with Crippen LogP contribution in [0, 0.1) is 11.3 Å². The van der Waals surface area contributed by atoms with E-state index in [1.807, 2.05) is 6.92 Å². The third kappa shape index (κ3) is 2.58. The Balaban J connectivity index is 2.19. The smallest absolute Gasteiger partial charge is 0.253 e. The lowest BCUT2D eigenvalue weighted by molar-refractivity contribution is -0.115. The van der Waals surface area contributed by atoms with Crippen LogP contribution < -0.4 is 5.32 Å². The van der Waals surface area contributed by atoms with Crippen molar-refractivity contribution in [3.8, 4) is 6.07 Å². The first-order valence-electron chi connectivity index (χ1n) is 6.10. The Labute approximate surface area is 111 Å². The van der Waals surface area contributed by atoms with Crippen LogP contribution in [-0.2, 0) is 11.2 Å². The number of hydrogen-bond acceptors (Lipinski definition) is 3. The first-order valence-corrected chi connectivity index (χ1v) is 6.10. The van der Waals surface area contributed by atoms with Crippen molar-refractivity contribution in [2.24, 2.45) is 0 Å². The summed E-state index contributed by atoms with van der Waals surface area (Å²) in [7, 11) is 1.68. The molecular formula is C14H15N3O2. The second-order valence-electron chi connectivity index (χ2n) is 4.72. The summed E-state index contributed by atoms with van der Waals surface area (Å²) < 4.78 is 0. The monoisotopic (exact) mass is 257 g/mol. The average molecular weight is 257 g/mol. The van der Waals surface area contributed by atoms with Gasteiger partial charge in [0.1, 0.15) is 0 Å². The van der Waals surface area contributed by atoms with Gasteiger partial charge in [-0.3, -0.25) is 9.59 Å². The SMILES string of the molecule is CC(CC#N)N(C)C(=O)c1ccc2c(c1)NC(=O)C2. The summed E-state index contributed by atoms with van der Waals surface area (Å²) in [5.74, 6) is -0.197. The number of anilines is 1. The van der Waals surface area contributed by atoms with E-state index in [0.717, 1.165) is 5.56 Å². The number of carbonyl (C=O) groups excluding carboxylic acids is 2. The highest BCUT2D eigenvalue weighted by Crippen LogP contribution is 2.24. The van der Waals surface area contributed by atoms with Gasteiger partial charge in [0.25, 0.3) is 5.91 Å². The van der Waals surface area contributed by atoms with Crippen LogP contribution in [0.5, 0.6) is 0 Å². The van der Waals surface area contributed by atoms with Gasteiger partial charge in [0.05, 0.1) is 18.9 Å². The summed E-state index contributed by atoms with van der Waals surface area (Å²) in [4.78, 5) is 25.1. The van der Waals surface area contributed by atoms with Crippen LogP contribution in [0.15, 0.2) is 18.2 Å². The number of carbonyl (C=O) groups is 2.